The van der Waals surface area contributed by atoms with Crippen molar-refractivity contribution in [3.63, 3.8) is 0 Å². The van der Waals surface area contributed by atoms with Crippen LogP contribution in [0.4, 0.5) is 0 Å². The molecule has 0 aromatic heterocycles. The van der Waals surface area contributed by atoms with Gasteiger partial charge in [0.1, 0.15) is 5.60 Å². The largest absolute Gasteiger partial charge is 0.463 e. The highest BCUT2D eigenvalue weighted by Gasteiger charge is 2.52. The van der Waals surface area contributed by atoms with Gasteiger partial charge in [-0.2, -0.15) is 0 Å². The van der Waals surface area contributed by atoms with Gasteiger partial charge in [-0.3, -0.25) is 0 Å². The molecule has 0 spiro atoms. The molecule has 1 fully saturated rings. The number of hydrogen-bond acceptors (Lipinski definition) is 4. The molecule has 0 bridgehead atoms. The van der Waals surface area contributed by atoms with Crippen LogP contribution in [0.25, 0.3) is 0 Å². The SMILES string of the molecule is CCOC(=O)/C=C/[C@@]1(CC)O[C@H]1CCOCc1ccccc1. The first-order valence-corrected chi connectivity index (χ1v) is 7.85. The van der Waals surface area contributed by atoms with Gasteiger partial charge in [0.05, 0.1) is 19.3 Å². The van der Waals surface area contributed by atoms with Crippen LogP contribution < -0.4 is 0 Å². The Morgan fingerprint density at radius 1 is 1.32 bits per heavy atom. The highest BCUT2D eigenvalue weighted by molar-refractivity contribution is 5.82. The predicted octanol–water partition coefficient (Wildman–Crippen LogP) is 3.26. The number of carbonyl (C=O) groups is 1. The number of epoxide rings is 1. The molecule has 1 aliphatic rings. The van der Waals surface area contributed by atoms with Gasteiger partial charge in [-0.05, 0) is 25.0 Å². The van der Waals surface area contributed by atoms with Crippen molar-refractivity contribution in [3.05, 3.63) is 48.0 Å². The van der Waals surface area contributed by atoms with E-state index in [1.54, 1.807) is 6.92 Å². The molecular formula is C18H24O4. The third kappa shape index (κ3) is 4.68. The van der Waals surface area contributed by atoms with Crippen molar-refractivity contribution in [1.29, 1.82) is 0 Å². The van der Waals surface area contributed by atoms with E-state index in [1.165, 1.54) is 11.6 Å². The summed E-state index contributed by atoms with van der Waals surface area (Å²) >= 11 is 0. The summed E-state index contributed by atoms with van der Waals surface area (Å²) in [6.45, 7) is 5.50. The smallest absolute Gasteiger partial charge is 0.330 e. The predicted molar refractivity (Wildman–Crippen MR) is 84.4 cm³/mol. The van der Waals surface area contributed by atoms with E-state index in [1.807, 2.05) is 36.4 Å². The highest BCUT2D eigenvalue weighted by atomic mass is 16.6. The third-order valence-corrected chi connectivity index (χ3v) is 3.83. The minimum atomic E-state index is -0.317. The van der Waals surface area contributed by atoms with Gasteiger partial charge >= 0.3 is 5.97 Å². The van der Waals surface area contributed by atoms with E-state index < -0.39 is 0 Å². The van der Waals surface area contributed by atoms with E-state index >= 15 is 0 Å². The van der Waals surface area contributed by atoms with Gasteiger partial charge in [-0.1, -0.05) is 37.3 Å². The van der Waals surface area contributed by atoms with Crippen molar-refractivity contribution in [2.45, 2.75) is 45.0 Å². The van der Waals surface area contributed by atoms with Gasteiger partial charge < -0.3 is 14.2 Å². The second-order valence-electron chi connectivity index (χ2n) is 5.33. The van der Waals surface area contributed by atoms with Gasteiger partial charge in [0.25, 0.3) is 0 Å². The summed E-state index contributed by atoms with van der Waals surface area (Å²) in [5.41, 5.74) is 0.853. The molecule has 2 rings (SSSR count). The quantitative estimate of drug-likeness (QED) is 0.304. The lowest BCUT2D eigenvalue weighted by Gasteiger charge is -2.05. The first-order chi connectivity index (χ1) is 10.7. The molecule has 2 atom stereocenters. The fourth-order valence-electron chi connectivity index (χ4n) is 2.46. The van der Waals surface area contributed by atoms with Crippen molar-refractivity contribution in [1.82, 2.24) is 0 Å². The molecule has 0 aliphatic carbocycles. The number of benzene rings is 1. The summed E-state index contributed by atoms with van der Waals surface area (Å²) in [6, 6.07) is 10.1. The zero-order chi connectivity index (χ0) is 15.8. The highest BCUT2D eigenvalue weighted by Crippen LogP contribution is 2.43. The second kappa shape index (κ2) is 8.11. The Hall–Kier alpha value is -1.65. The zero-order valence-electron chi connectivity index (χ0n) is 13.3. The van der Waals surface area contributed by atoms with E-state index in [2.05, 4.69) is 6.92 Å². The molecule has 1 heterocycles. The average molecular weight is 304 g/mol. The zero-order valence-corrected chi connectivity index (χ0v) is 13.3. The van der Waals surface area contributed by atoms with Crippen LogP contribution in [0.3, 0.4) is 0 Å². The summed E-state index contributed by atoms with van der Waals surface area (Å²) in [7, 11) is 0. The maximum Gasteiger partial charge on any atom is 0.330 e. The van der Waals surface area contributed by atoms with E-state index in [-0.39, 0.29) is 17.7 Å². The first kappa shape index (κ1) is 16.7. The standard InChI is InChI=1S/C18H24O4/c1-3-18(12-10-17(19)21-4-2)16(22-18)11-13-20-14-15-8-6-5-7-9-15/h5-10,12,16H,3-4,11,13-14H2,1-2H3/b12-10+/t16-,18+/m0/s1. The van der Waals surface area contributed by atoms with Gasteiger partial charge in [0.2, 0.25) is 0 Å². The molecule has 4 heteroatoms. The molecular weight excluding hydrogens is 280 g/mol. The van der Waals surface area contributed by atoms with Crippen molar-refractivity contribution < 1.29 is 19.0 Å². The van der Waals surface area contributed by atoms with Crippen LogP contribution in [0.5, 0.6) is 0 Å². The maximum absolute atomic E-state index is 11.4. The van der Waals surface area contributed by atoms with Gasteiger partial charge in [0.15, 0.2) is 0 Å². The molecule has 1 aromatic rings. The molecule has 1 aromatic carbocycles. The fourth-order valence-corrected chi connectivity index (χ4v) is 2.46. The monoisotopic (exact) mass is 304 g/mol. The van der Waals surface area contributed by atoms with Crippen molar-refractivity contribution in [2.24, 2.45) is 0 Å². The Labute approximate surface area is 132 Å². The van der Waals surface area contributed by atoms with Crippen LogP contribution >= 0.6 is 0 Å². The van der Waals surface area contributed by atoms with E-state index in [4.69, 9.17) is 14.2 Å². The molecule has 0 saturated carbocycles. The molecule has 120 valence electrons. The maximum atomic E-state index is 11.4. The van der Waals surface area contributed by atoms with E-state index in [0.29, 0.717) is 19.8 Å². The Kier molecular flexibility index (Phi) is 6.16. The first-order valence-electron chi connectivity index (χ1n) is 7.85. The van der Waals surface area contributed by atoms with Crippen molar-refractivity contribution in [2.75, 3.05) is 13.2 Å². The summed E-state index contributed by atoms with van der Waals surface area (Å²) < 4.78 is 16.3. The Bertz CT molecular complexity index is 497. The Morgan fingerprint density at radius 3 is 2.77 bits per heavy atom. The van der Waals surface area contributed by atoms with Crippen LogP contribution in [0.1, 0.15) is 32.3 Å². The van der Waals surface area contributed by atoms with Crippen molar-refractivity contribution >= 4 is 5.97 Å². The van der Waals surface area contributed by atoms with Crippen molar-refractivity contribution in [3.8, 4) is 0 Å². The summed E-state index contributed by atoms with van der Waals surface area (Å²) in [6.07, 6.45) is 5.09. The van der Waals surface area contributed by atoms with Crippen LogP contribution in [0, 0.1) is 0 Å². The normalized spacial score (nSPS) is 23.6. The molecule has 0 radical (unpaired) electrons. The van der Waals surface area contributed by atoms with Crippen LogP contribution in [-0.2, 0) is 25.6 Å². The van der Waals surface area contributed by atoms with Crippen LogP contribution in [0.15, 0.2) is 42.5 Å². The minimum Gasteiger partial charge on any atom is -0.463 e. The number of hydrogen-bond donors (Lipinski definition) is 0. The number of rotatable bonds is 9. The average Bonchev–Trinajstić information content (AvgIpc) is 3.25. The topological polar surface area (TPSA) is 48.1 Å². The Morgan fingerprint density at radius 2 is 2.09 bits per heavy atom. The summed E-state index contributed by atoms with van der Waals surface area (Å²) in [4.78, 5) is 11.4. The van der Waals surface area contributed by atoms with Gasteiger partial charge in [-0.25, -0.2) is 4.79 Å². The Balaban J connectivity index is 1.70. The fraction of sp³-hybridized carbons (Fsp3) is 0.500. The minimum absolute atomic E-state index is 0.124. The molecule has 0 unspecified atom stereocenters. The summed E-state index contributed by atoms with van der Waals surface area (Å²) in [5, 5.41) is 0. The van der Waals surface area contributed by atoms with Crippen LogP contribution in [0.2, 0.25) is 0 Å². The lowest BCUT2D eigenvalue weighted by molar-refractivity contribution is -0.137. The molecule has 22 heavy (non-hydrogen) atoms. The van der Waals surface area contributed by atoms with E-state index in [0.717, 1.165) is 12.8 Å². The number of esters is 1. The molecule has 0 amide bonds. The summed E-state index contributed by atoms with van der Waals surface area (Å²) in [5.74, 6) is -0.315. The number of ether oxygens (including phenoxy) is 3. The van der Waals surface area contributed by atoms with Gasteiger partial charge in [-0.15, -0.1) is 0 Å². The molecule has 0 N–H and O–H groups in total. The molecule has 1 aliphatic heterocycles. The molecule has 1 saturated heterocycles. The lowest BCUT2D eigenvalue weighted by atomic mass is 10.00. The van der Waals surface area contributed by atoms with Gasteiger partial charge in [0, 0.05) is 19.1 Å². The van der Waals surface area contributed by atoms with Crippen LogP contribution in [-0.4, -0.2) is 30.9 Å². The number of carbonyl (C=O) groups excluding carboxylic acids is 1. The lowest BCUT2D eigenvalue weighted by Crippen LogP contribution is -2.13. The second-order valence-corrected chi connectivity index (χ2v) is 5.33. The third-order valence-electron chi connectivity index (χ3n) is 3.83. The molecule has 4 nitrogen and oxygen atoms in total. The van der Waals surface area contributed by atoms with E-state index in [9.17, 15) is 4.79 Å².